The lowest BCUT2D eigenvalue weighted by Crippen LogP contribution is -2.01. The van der Waals surface area contributed by atoms with Crippen molar-refractivity contribution in [2.24, 2.45) is 0 Å². The Hall–Kier alpha value is -1.62. The summed E-state index contributed by atoms with van der Waals surface area (Å²) in [6.07, 6.45) is 0. The summed E-state index contributed by atoms with van der Waals surface area (Å²) < 4.78 is 36.6. The van der Waals surface area contributed by atoms with Crippen LogP contribution in [0.4, 0.5) is 18.9 Å². The molecule has 0 fully saturated rings. The molecule has 1 N–H and O–H groups in total. The number of thioether (sulfide) groups is 1. The van der Waals surface area contributed by atoms with Gasteiger partial charge in [0.05, 0.1) is 0 Å². The van der Waals surface area contributed by atoms with Gasteiger partial charge in [0.2, 0.25) is 0 Å². The van der Waals surface area contributed by atoms with Gasteiger partial charge in [-0.15, -0.1) is 0 Å². The molecule has 0 bridgehead atoms. The molecule has 0 aliphatic heterocycles. The third kappa shape index (κ3) is 4.81. The number of nitrogens with one attached hydrogen (secondary N) is 1. The predicted octanol–water partition coefficient (Wildman–Crippen LogP) is 5.22. The second kappa shape index (κ2) is 6.22. The van der Waals surface area contributed by atoms with Gasteiger partial charge in [-0.3, -0.25) is 0 Å². The van der Waals surface area contributed by atoms with Crippen molar-refractivity contribution in [1.82, 2.24) is 0 Å². The normalized spacial score (nSPS) is 11.4. The van der Waals surface area contributed by atoms with Crippen molar-refractivity contribution in [3.05, 3.63) is 59.7 Å². The minimum Gasteiger partial charge on any atom is -0.381 e. The Morgan fingerprint density at radius 1 is 1.05 bits per heavy atom. The molecule has 0 saturated carbocycles. The molecule has 0 atom stereocenters. The monoisotopic (exact) mass is 297 g/mol. The van der Waals surface area contributed by atoms with Gasteiger partial charge in [0, 0.05) is 17.1 Å². The lowest BCUT2D eigenvalue weighted by Gasteiger charge is -2.09. The highest BCUT2D eigenvalue weighted by Gasteiger charge is 2.28. The molecule has 0 unspecified atom stereocenters. The summed E-state index contributed by atoms with van der Waals surface area (Å²) in [6.45, 7) is 2.59. The average molecular weight is 297 g/mol. The Morgan fingerprint density at radius 3 is 2.35 bits per heavy atom. The quantitative estimate of drug-likeness (QED) is 0.777. The van der Waals surface area contributed by atoms with E-state index in [9.17, 15) is 13.2 Å². The molecular formula is C15H14F3NS. The van der Waals surface area contributed by atoms with E-state index in [2.05, 4.69) is 5.32 Å². The standard InChI is InChI=1S/C15H14F3NS/c1-11-3-2-4-13(9-11)19-10-12-5-7-14(8-6-12)20-15(16,17)18/h2-9,19H,10H2,1H3. The lowest BCUT2D eigenvalue weighted by molar-refractivity contribution is -0.0328. The summed E-state index contributed by atoms with van der Waals surface area (Å²) in [5.41, 5.74) is -1.13. The van der Waals surface area contributed by atoms with E-state index in [4.69, 9.17) is 0 Å². The third-order valence-electron chi connectivity index (χ3n) is 2.67. The van der Waals surface area contributed by atoms with Gasteiger partial charge in [0.15, 0.2) is 0 Å². The molecule has 0 aliphatic carbocycles. The molecule has 2 aromatic rings. The first-order valence-corrected chi connectivity index (χ1v) is 6.89. The van der Waals surface area contributed by atoms with Crippen LogP contribution in [-0.4, -0.2) is 5.51 Å². The molecule has 0 aromatic heterocycles. The molecule has 5 heteroatoms. The molecule has 0 heterocycles. The maximum atomic E-state index is 12.2. The first kappa shape index (κ1) is 14.8. The van der Waals surface area contributed by atoms with Crippen LogP contribution in [0, 0.1) is 6.92 Å². The zero-order valence-electron chi connectivity index (χ0n) is 10.9. The van der Waals surface area contributed by atoms with Gasteiger partial charge < -0.3 is 5.32 Å². The van der Waals surface area contributed by atoms with Gasteiger partial charge >= 0.3 is 5.51 Å². The van der Waals surface area contributed by atoms with Gasteiger partial charge in [-0.05, 0) is 54.1 Å². The summed E-state index contributed by atoms with van der Waals surface area (Å²) >= 11 is -0.0945. The number of alkyl halides is 3. The Balaban J connectivity index is 1.94. The molecule has 0 spiro atoms. The third-order valence-corrected chi connectivity index (χ3v) is 3.41. The van der Waals surface area contributed by atoms with Gasteiger partial charge in [-0.2, -0.15) is 13.2 Å². The summed E-state index contributed by atoms with van der Waals surface area (Å²) in [5.74, 6) is 0. The highest BCUT2D eigenvalue weighted by molar-refractivity contribution is 8.00. The SMILES string of the molecule is Cc1cccc(NCc2ccc(SC(F)(F)F)cc2)c1. The molecule has 0 amide bonds. The van der Waals surface area contributed by atoms with E-state index in [0.717, 1.165) is 16.8 Å². The van der Waals surface area contributed by atoms with E-state index < -0.39 is 5.51 Å². The van der Waals surface area contributed by atoms with Crippen molar-refractivity contribution in [1.29, 1.82) is 0 Å². The van der Waals surface area contributed by atoms with Gasteiger partial charge in [-0.1, -0.05) is 24.3 Å². The highest BCUT2D eigenvalue weighted by atomic mass is 32.2. The summed E-state index contributed by atoms with van der Waals surface area (Å²) in [7, 11) is 0. The van der Waals surface area contributed by atoms with Crippen LogP contribution in [0.5, 0.6) is 0 Å². The number of hydrogen-bond donors (Lipinski definition) is 1. The van der Waals surface area contributed by atoms with Gasteiger partial charge in [0.1, 0.15) is 0 Å². The fourth-order valence-electron chi connectivity index (χ4n) is 1.77. The molecule has 0 radical (unpaired) electrons. The zero-order valence-corrected chi connectivity index (χ0v) is 11.7. The Bertz CT molecular complexity index is 564. The van der Waals surface area contributed by atoms with Crippen LogP contribution in [-0.2, 0) is 6.54 Å². The van der Waals surface area contributed by atoms with Crippen LogP contribution in [0.1, 0.15) is 11.1 Å². The molecule has 2 rings (SSSR count). The Labute approximate surface area is 120 Å². The molecule has 2 aromatic carbocycles. The van der Waals surface area contributed by atoms with Crippen LogP contribution >= 0.6 is 11.8 Å². The molecule has 20 heavy (non-hydrogen) atoms. The van der Waals surface area contributed by atoms with Crippen molar-refractivity contribution >= 4 is 17.4 Å². The summed E-state index contributed by atoms with van der Waals surface area (Å²) in [5, 5.41) is 3.24. The second-order valence-corrected chi connectivity index (χ2v) is 5.55. The fourth-order valence-corrected chi connectivity index (χ4v) is 2.31. The van der Waals surface area contributed by atoms with E-state index in [1.807, 2.05) is 31.2 Å². The number of rotatable bonds is 4. The van der Waals surface area contributed by atoms with Crippen molar-refractivity contribution in [3.63, 3.8) is 0 Å². The number of hydrogen-bond acceptors (Lipinski definition) is 2. The van der Waals surface area contributed by atoms with Crippen molar-refractivity contribution in [2.45, 2.75) is 23.9 Å². The first-order chi connectivity index (χ1) is 9.42. The van der Waals surface area contributed by atoms with Crippen LogP contribution in [0.2, 0.25) is 0 Å². The van der Waals surface area contributed by atoms with Crippen molar-refractivity contribution in [3.8, 4) is 0 Å². The minimum absolute atomic E-state index is 0.0945. The lowest BCUT2D eigenvalue weighted by atomic mass is 10.2. The maximum absolute atomic E-state index is 12.2. The zero-order chi connectivity index (χ0) is 14.6. The Morgan fingerprint density at radius 2 is 1.75 bits per heavy atom. The minimum atomic E-state index is -4.23. The van der Waals surface area contributed by atoms with Crippen LogP contribution in [0.3, 0.4) is 0 Å². The van der Waals surface area contributed by atoms with E-state index in [1.54, 1.807) is 12.1 Å². The van der Waals surface area contributed by atoms with Crippen LogP contribution < -0.4 is 5.32 Å². The fraction of sp³-hybridized carbons (Fsp3) is 0.200. The Kier molecular flexibility index (Phi) is 4.60. The first-order valence-electron chi connectivity index (χ1n) is 6.08. The van der Waals surface area contributed by atoms with Crippen molar-refractivity contribution in [2.75, 3.05) is 5.32 Å². The maximum Gasteiger partial charge on any atom is 0.446 e. The van der Waals surface area contributed by atoms with Crippen molar-refractivity contribution < 1.29 is 13.2 Å². The number of anilines is 1. The van der Waals surface area contributed by atoms with E-state index in [0.29, 0.717) is 6.54 Å². The highest BCUT2D eigenvalue weighted by Crippen LogP contribution is 2.36. The second-order valence-electron chi connectivity index (χ2n) is 4.41. The molecule has 1 nitrogen and oxygen atoms in total. The van der Waals surface area contributed by atoms with E-state index in [-0.39, 0.29) is 16.7 Å². The van der Waals surface area contributed by atoms with Gasteiger partial charge in [-0.25, -0.2) is 0 Å². The predicted molar refractivity (Wildman–Crippen MR) is 76.9 cm³/mol. The van der Waals surface area contributed by atoms with E-state index in [1.165, 1.54) is 12.1 Å². The van der Waals surface area contributed by atoms with Crippen LogP contribution in [0.25, 0.3) is 0 Å². The number of aryl methyl sites for hydroxylation is 1. The largest absolute Gasteiger partial charge is 0.446 e. The molecule has 106 valence electrons. The summed E-state index contributed by atoms with van der Waals surface area (Å²) in [6, 6.07) is 14.3. The topological polar surface area (TPSA) is 12.0 Å². The molecule has 0 aliphatic rings. The molecule has 0 saturated heterocycles. The number of halogens is 3. The van der Waals surface area contributed by atoms with Gasteiger partial charge in [0.25, 0.3) is 0 Å². The summed E-state index contributed by atoms with van der Waals surface area (Å²) in [4.78, 5) is 0.205. The van der Waals surface area contributed by atoms with E-state index >= 15 is 0 Å². The smallest absolute Gasteiger partial charge is 0.381 e. The molecular weight excluding hydrogens is 283 g/mol. The number of benzene rings is 2. The van der Waals surface area contributed by atoms with Crippen LogP contribution in [0.15, 0.2) is 53.4 Å². The average Bonchev–Trinajstić information content (AvgIpc) is 2.36.